The van der Waals surface area contributed by atoms with Gasteiger partial charge in [-0.25, -0.2) is 0 Å². The van der Waals surface area contributed by atoms with E-state index in [-0.39, 0.29) is 11.6 Å². The van der Waals surface area contributed by atoms with Crippen molar-refractivity contribution < 1.29 is 9.84 Å². The standard InChI is InChI=1S/C19H20N2O3/c1-13-4-7-15(8-5-13)24-11-3-10-21-17-9-6-14(2)12-16(17)18(20-23)19(21)22/h4-9,12,22H,3,10-11H2,1-2H3. The van der Waals surface area contributed by atoms with Gasteiger partial charge < -0.3 is 14.4 Å². The Kier molecular flexibility index (Phi) is 4.51. The Labute approximate surface area is 140 Å². The monoisotopic (exact) mass is 324 g/mol. The van der Waals surface area contributed by atoms with Crippen LogP contribution in [0.2, 0.25) is 0 Å². The summed E-state index contributed by atoms with van der Waals surface area (Å²) in [4.78, 5) is 11.1. The molecule has 0 saturated heterocycles. The van der Waals surface area contributed by atoms with Crippen LogP contribution >= 0.6 is 0 Å². The Morgan fingerprint density at radius 2 is 1.79 bits per heavy atom. The summed E-state index contributed by atoms with van der Waals surface area (Å²) >= 11 is 0. The third-order valence-corrected chi connectivity index (χ3v) is 4.07. The second kappa shape index (κ2) is 6.74. The van der Waals surface area contributed by atoms with Crippen LogP contribution in [0, 0.1) is 18.8 Å². The molecule has 5 nitrogen and oxygen atoms in total. The van der Waals surface area contributed by atoms with Crippen molar-refractivity contribution in [2.75, 3.05) is 6.61 Å². The van der Waals surface area contributed by atoms with Crippen molar-refractivity contribution in [2.45, 2.75) is 26.8 Å². The predicted octanol–water partition coefficient (Wildman–Crippen LogP) is 4.83. The van der Waals surface area contributed by atoms with Crippen molar-refractivity contribution >= 4 is 16.6 Å². The predicted molar refractivity (Wildman–Crippen MR) is 95.1 cm³/mol. The van der Waals surface area contributed by atoms with Gasteiger partial charge in [-0.05, 0) is 49.7 Å². The largest absolute Gasteiger partial charge is 0.494 e. The van der Waals surface area contributed by atoms with E-state index >= 15 is 0 Å². The fraction of sp³-hybridized carbons (Fsp3) is 0.263. The van der Waals surface area contributed by atoms with Gasteiger partial charge in [-0.3, -0.25) is 0 Å². The van der Waals surface area contributed by atoms with E-state index in [0.29, 0.717) is 25.0 Å². The number of aromatic hydroxyl groups is 1. The molecule has 0 spiro atoms. The number of nitroso groups, excluding NO2 is 1. The Morgan fingerprint density at radius 1 is 1.08 bits per heavy atom. The van der Waals surface area contributed by atoms with Gasteiger partial charge in [0.25, 0.3) is 0 Å². The smallest absolute Gasteiger partial charge is 0.222 e. The molecule has 2 aromatic carbocycles. The van der Waals surface area contributed by atoms with E-state index in [2.05, 4.69) is 5.18 Å². The molecule has 0 fully saturated rings. The topological polar surface area (TPSA) is 63.8 Å². The fourth-order valence-corrected chi connectivity index (χ4v) is 2.80. The molecule has 24 heavy (non-hydrogen) atoms. The van der Waals surface area contributed by atoms with Crippen LogP contribution in [-0.2, 0) is 6.54 Å². The van der Waals surface area contributed by atoms with Crippen LogP contribution in [0.5, 0.6) is 11.6 Å². The first-order valence-corrected chi connectivity index (χ1v) is 7.95. The van der Waals surface area contributed by atoms with Crippen molar-refractivity contribution in [3.05, 3.63) is 58.5 Å². The van der Waals surface area contributed by atoms with Gasteiger partial charge in [0.2, 0.25) is 5.88 Å². The number of nitrogens with zero attached hydrogens (tertiary/aromatic N) is 2. The SMILES string of the molecule is Cc1ccc(OCCCn2c(O)c(N=O)c3cc(C)ccc32)cc1. The van der Waals surface area contributed by atoms with Gasteiger partial charge in [-0.1, -0.05) is 29.3 Å². The van der Waals surface area contributed by atoms with E-state index in [1.54, 1.807) is 4.57 Å². The number of fused-ring (bicyclic) bond motifs is 1. The first-order valence-electron chi connectivity index (χ1n) is 7.95. The molecule has 3 aromatic rings. The van der Waals surface area contributed by atoms with Crippen molar-refractivity contribution in [2.24, 2.45) is 5.18 Å². The maximum atomic E-state index is 11.1. The minimum absolute atomic E-state index is 0.0825. The molecule has 0 radical (unpaired) electrons. The van der Waals surface area contributed by atoms with Crippen LogP contribution in [0.3, 0.4) is 0 Å². The van der Waals surface area contributed by atoms with Crippen molar-refractivity contribution in [3.63, 3.8) is 0 Å². The lowest BCUT2D eigenvalue weighted by atomic mass is 10.1. The highest BCUT2D eigenvalue weighted by Gasteiger charge is 2.17. The molecular weight excluding hydrogens is 304 g/mol. The van der Waals surface area contributed by atoms with Crippen molar-refractivity contribution in [3.8, 4) is 11.6 Å². The van der Waals surface area contributed by atoms with Gasteiger partial charge >= 0.3 is 0 Å². The average Bonchev–Trinajstić information content (AvgIpc) is 2.83. The summed E-state index contributed by atoms with van der Waals surface area (Å²) in [6.45, 7) is 5.05. The second-order valence-electron chi connectivity index (χ2n) is 5.95. The van der Waals surface area contributed by atoms with E-state index in [4.69, 9.17) is 4.74 Å². The number of aromatic nitrogens is 1. The van der Waals surface area contributed by atoms with Gasteiger partial charge in [0.15, 0.2) is 5.69 Å². The molecule has 0 saturated carbocycles. The Morgan fingerprint density at radius 3 is 2.50 bits per heavy atom. The zero-order valence-electron chi connectivity index (χ0n) is 13.8. The Bertz CT molecular complexity index is 866. The van der Waals surface area contributed by atoms with Crippen molar-refractivity contribution in [1.29, 1.82) is 0 Å². The molecule has 0 unspecified atom stereocenters. The van der Waals surface area contributed by atoms with Gasteiger partial charge in [-0.15, -0.1) is 4.91 Å². The lowest BCUT2D eigenvalue weighted by molar-refractivity contribution is 0.298. The highest BCUT2D eigenvalue weighted by Crippen LogP contribution is 2.38. The summed E-state index contributed by atoms with van der Waals surface area (Å²) in [5.74, 6) is 0.744. The maximum Gasteiger partial charge on any atom is 0.222 e. The molecule has 0 aliphatic heterocycles. The molecule has 1 aromatic heterocycles. The zero-order valence-corrected chi connectivity index (χ0v) is 13.8. The quantitative estimate of drug-likeness (QED) is 0.521. The summed E-state index contributed by atoms with van der Waals surface area (Å²) in [7, 11) is 0. The highest BCUT2D eigenvalue weighted by molar-refractivity contribution is 5.95. The normalized spacial score (nSPS) is 10.9. The highest BCUT2D eigenvalue weighted by atomic mass is 16.5. The number of hydrogen-bond acceptors (Lipinski definition) is 4. The van der Waals surface area contributed by atoms with Gasteiger partial charge in [0.05, 0.1) is 12.1 Å². The third-order valence-electron chi connectivity index (χ3n) is 4.07. The second-order valence-corrected chi connectivity index (χ2v) is 5.95. The van der Waals surface area contributed by atoms with Crippen LogP contribution < -0.4 is 4.74 Å². The Balaban J connectivity index is 1.72. The number of rotatable bonds is 6. The molecular formula is C19H20N2O3. The van der Waals surface area contributed by atoms with Crippen LogP contribution in [0.25, 0.3) is 10.9 Å². The molecule has 0 aliphatic rings. The van der Waals surface area contributed by atoms with Gasteiger partial charge in [0.1, 0.15) is 5.75 Å². The van der Waals surface area contributed by atoms with E-state index in [1.807, 2.05) is 56.3 Å². The van der Waals surface area contributed by atoms with E-state index in [9.17, 15) is 10.0 Å². The van der Waals surface area contributed by atoms with E-state index < -0.39 is 0 Å². The first kappa shape index (κ1) is 16.1. The maximum absolute atomic E-state index is 11.1. The third kappa shape index (κ3) is 3.11. The lowest BCUT2D eigenvalue weighted by Crippen LogP contribution is -2.04. The number of aryl methyl sites for hydroxylation is 3. The minimum Gasteiger partial charge on any atom is -0.494 e. The molecule has 1 heterocycles. The van der Waals surface area contributed by atoms with Crippen LogP contribution in [-0.4, -0.2) is 16.3 Å². The van der Waals surface area contributed by atoms with Crippen LogP contribution in [0.15, 0.2) is 47.6 Å². The molecule has 124 valence electrons. The fourth-order valence-electron chi connectivity index (χ4n) is 2.80. The molecule has 0 amide bonds. The molecule has 0 bridgehead atoms. The summed E-state index contributed by atoms with van der Waals surface area (Å²) in [6, 6.07) is 13.6. The van der Waals surface area contributed by atoms with E-state index in [1.165, 1.54) is 5.56 Å². The molecule has 0 atom stereocenters. The number of ether oxygens (including phenoxy) is 1. The number of benzene rings is 2. The van der Waals surface area contributed by atoms with E-state index in [0.717, 1.165) is 16.8 Å². The van der Waals surface area contributed by atoms with Gasteiger partial charge in [-0.2, -0.15) is 0 Å². The zero-order chi connectivity index (χ0) is 17.1. The van der Waals surface area contributed by atoms with Crippen molar-refractivity contribution in [1.82, 2.24) is 4.57 Å². The average molecular weight is 324 g/mol. The summed E-state index contributed by atoms with van der Waals surface area (Å²) in [5, 5.41) is 14.0. The van der Waals surface area contributed by atoms with Crippen LogP contribution in [0.4, 0.5) is 5.69 Å². The molecule has 1 N–H and O–H groups in total. The van der Waals surface area contributed by atoms with Crippen LogP contribution in [0.1, 0.15) is 17.5 Å². The summed E-state index contributed by atoms with van der Waals surface area (Å²) in [6.07, 6.45) is 0.706. The van der Waals surface area contributed by atoms with Gasteiger partial charge in [0, 0.05) is 11.9 Å². The molecule has 5 heteroatoms. The lowest BCUT2D eigenvalue weighted by Gasteiger charge is -2.09. The molecule has 3 rings (SSSR count). The summed E-state index contributed by atoms with van der Waals surface area (Å²) < 4.78 is 7.42. The number of hydrogen-bond donors (Lipinski definition) is 1. The Hall–Kier alpha value is -2.82. The summed E-state index contributed by atoms with van der Waals surface area (Å²) in [5.41, 5.74) is 3.12. The minimum atomic E-state index is -0.0825. The molecule has 0 aliphatic carbocycles. The first-order chi connectivity index (χ1) is 11.6.